The molecule has 0 aromatic heterocycles. The molecular weight excluding hydrogens is 270 g/mol. The molecule has 0 atom stereocenters. The summed E-state index contributed by atoms with van der Waals surface area (Å²) in [4.78, 5) is 14.0. The Balaban J connectivity index is 2.07. The maximum absolute atomic E-state index is 11.6. The van der Waals surface area contributed by atoms with Gasteiger partial charge in [-0.3, -0.25) is 4.90 Å². The van der Waals surface area contributed by atoms with Crippen LogP contribution < -0.4 is 4.74 Å². The summed E-state index contributed by atoms with van der Waals surface area (Å²) in [5.74, 6) is 0.177. The molecule has 1 aromatic rings. The van der Waals surface area contributed by atoms with Gasteiger partial charge in [-0.25, -0.2) is 4.79 Å². The molecule has 0 aliphatic carbocycles. The molecular formula is C16H23NO4. The van der Waals surface area contributed by atoms with Crippen molar-refractivity contribution in [1.82, 2.24) is 4.90 Å². The lowest BCUT2D eigenvalue weighted by Crippen LogP contribution is -2.36. The number of benzene rings is 1. The van der Waals surface area contributed by atoms with Gasteiger partial charge >= 0.3 is 5.97 Å². The van der Waals surface area contributed by atoms with Gasteiger partial charge in [0.25, 0.3) is 0 Å². The Bertz CT molecular complexity index is 483. The highest BCUT2D eigenvalue weighted by Crippen LogP contribution is 2.23. The molecule has 0 bridgehead atoms. The van der Waals surface area contributed by atoms with Crippen LogP contribution in [0, 0.1) is 0 Å². The largest absolute Gasteiger partial charge is 0.496 e. The van der Waals surface area contributed by atoms with E-state index >= 15 is 0 Å². The van der Waals surface area contributed by atoms with Crippen molar-refractivity contribution in [3.8, 4) is 5.75 Å². The maximum atomic E-state index is 11.6. The average molecular weight is 293 g/mol. The van der Waals surface area contributed by atoms with Gasteiger partial charge in [0, 0.05) is 25.8 Å². The molecule has 5 heteroatoms. The van der Waals surface area contributed by atoms with Gasteiger partial charge in [0.2, 0.25) is 0 Å². The van der Waals surface area contributed by atoms with Gasteiger partial charge in [0.1, 0.15) is 11.3 Å². The van der Waals surface area contributed by atoms with E-state index in [1.54, 1.807) is 13.2 Å². The first-order valence-electron chi connectivity index (χ1n) is 7.19. The molecule has 0 saturated carbocycles. The molecule has 1 aliphatic heterocycles. The summed E-state index contributed by atoms with van der Waals surface area (Å²) in [5.41, 5.74) is 1.57. The third-order valence-electron chi connectivity index (χ3n) is 3.92. The number of methoxy groups -OCH3 is 2. The van der Waals surface area contributed by atoms with E-state index in [9.17, 15) is 4.79 Å². The summed E-state index contributed by atoms with van der Waals surface area (Å²) in [5, 5.41) is 0. The molecule has 1 fully saturated rings. The predicted molar refractivity (Wildman–Crippen MR) is 79.6 cm³/mol. The Hall–Kier alpha value is -1.59. The molecule has 1 aliphatic rings. The van der Waals surface area contributed by atoms with Crippen LogP contribution in [0.1, 0.15) is 28.8 Å². The van der Waals surface area contributed by atoms with Crippen LogP contribution in [0.4, 0.5) is 0 Å². The van der Waals surface area contributed by atoms with Crippen molar-refractivity contribution in [3.63, 3.8) is 0 Å². The highest BCUT2D eigenvalue weighted by atomic mass is 16.5. The van der Waals surface area contributed by atoms with Crippen LogP contribution in [0.2, 0.25) is 0 Å². The molecule has 2 rings (SSSR count). The van der Waals surface area contributed by atoms with Crippen molar-refractivity contribution in [2.45, 2.75) is 25.4 Å². The zero-order valence-corrected chi connectivity index (χ0v) is 12.9. The molecule has 0 N–H and O–H groups in total. The normalized spacial score (nSPS) is 16.0. The Kier molecular flexibility index (Phi) is 5.59. The van der Waals surface area contributed by atoms with Crippen LogP contribution in [0.25, 0.3) is 0 Å². The van der Waals surface area contributed by atoms with Crippen molar-refractivity contribution in [2.24, 2.45) is 0 Å². The molecule has 21 heavy (non-hydrogen) atoms. The van der Waals surface area contributed by atoms with Crippen LogP contribution in [0.15, 0.2) is 18.2 Å². The van der Waals surface area contributed by atoms with E-state index in [2.05, 4.69) is 11.9 Å². The lowest BCUT2D eigenvalue weighted by atomic mass is 10.1. The minimum absolute atomic E-state index is 0.379. The van der Waals surface area contributed by atoms with Crippen molar-refractivity contribution in [2.75, 3.05) is 34.5 Å². The zero-order chi connectivity index (χ0) is 15.2. The zero-order valence-electron chi connectivity index (χ0n) is 12.9. The molecule has 5 nitrogen and oxygen atoms in total. The number of carbonyl (C=O) groups excluding carboxylic acids is 1. The summed E-state index contributed by atoms with van der Waals surface area (Å²) in [6, 6.07) is 6.16. The number of carbonyl (C=O) groups is 1. The summed E-state index contributed by atoms with van der Waals surface area (Å²) < 4.78 is 15.4. The minimum Gasteiger partial charge on any atom is -0.496 e. The fourth-order valence-corrected chi connectivity index (χ4v) is 2.66. The second-order valence-electron chi connectivity index (χ2n) is 5.28. The third-order valence-corrected chi connectivity index (χ3v) is 3.92. The maximum Gasteiger partial charge on any atom is 0.341 e. The van der Waals surface area contributed by atoms with Gasteiger partial charge in [-0.2, -0.15) is 0 Å². The second kappa shape index (κ2) is 7.43. The first kappa shape index (κ1) is 15.8. The van der Waals surface area contributed by atoms with Crippen LogP contribution in [-0.2, 0) is 16.0 Å². The summed E-state index contributed by atoms with van der Waals surface area (Å²) in [7, 11) is 5.05. The van der Waals surface area contributed by atoms with E-state index in [4.69, 9.17) is 14.2 Å². The van der Waals surface area contributed by atoms with E-state index in [0.717, 1.165) is 38.2 Å². The lowest BCUT2D eigenvalue weighted by Gasteiger charge is -2.31. The van der Waals surface area contributed by atoms with Crippen molar-refractivity contribution >= 4 is 5.97 Å². The second-order valence-corrected chi connectivity index (χ2v) is 5.28. The Labute approximate surface area is 125 Å². The standard InChI is InChI=1S/C16H23NO4/c1-17(13-6-8-21-9-7-13)11-12-4-5-14(16(18)20-3)15(10-12)19-2/h4-5,10,13H,6-9,11H2,1-3H3. The summed E-state index contributed by atoms with van der Waals surface area (Å²) >= 11 is 0. The molecule has 0 radical (unpaired) electrons. The van der Waals surface area contributed by atoms with Crippen LogP contribution in [0.3, 0.4) is 0 Å². The van der Waals surface area contributed by atoms with Gasteiger partial charge in [0.05, 0.1) is 14.2 Å². The van der Waals surface area contributed by atoms with Crippen molar-refractivity contribution in [1.29, 1.82) is 0 Å². The molecule has 1 aromatic carbocycles. The lowest BCUT2D eigenvalue weighted by molar-refractivity contribution is 0.0406. The van der Waals surface area contributed by atoms with Crippen molar-refractivity contribution in [3.05, 3.63) is 29.3 Å². The van der Waals surface area contributed by atoms with E-state index in [-0.39, 0.29) is 5.97 Å². The van der Waals surface area contributed by atoms with E-state index in [1.165, 1.54) is 7.11 Å². The topological polar surface area (TPSA) is 48.0 Å². The van der Waals surface area contributed by atoms with Crippen LogP contribution in [-0.4, -0.2) is 51.4 Å². The number of esters is 1. The Morgan fingerprint density at radius 2 is 2.05 bits per heavy atom. The molecule has 116 valence electrons. The van der Waals surface area contributed by atoms with Crippen LogP contribution >= 0.6 is 0 Å². The minimum atomic E-state index is -0.379. The van der Waals surface area contributed by atoms with Gasteiger partial charge in [-0.05, 0) is 37.6 Å². The fraction of sp³-hybridized carbons (Fsp3) is 0.562. The summed E-state index contributed by atoms with van der Waals surface area (Å²) in [6.07, 6.45) is 2.13. The first-order chi connectivity index (χ1) is 10.2. The number of hydrogen-bond donors (Lipinski definition) is 0. The van der Waals surface area contributed by atoms with E-state index in [1.807, 2.05) is 12.1 Å². The summed E-state index contributed by atoms with van der Waals surface area (Å²) in [6.45, 7) is 2.49. The first-order valence-corrected chi connectivity index (χ1v) is 7.19. The molecule has 0 amide bonds. The van der Waals surface area contributed by atoms with Gasteiger partial charge in [-0.15, -0.1) is 0 Å². The number of nitrogens with zero attached hydrogens (tertiary/aromatic N) is 1. The quantitative estimate of drug-likeness (QED) is 0.778. The average Bonchev–Trinajstić information content (AvgIpc) is 2.54. The number of ether oxygens (including phenoxy) is 3. The molecule has 1 heterocycles. The third kappa shape index (κ3) is 3.95. The van der Waals surface area contributed by atoms with Gasteiger partial charge < -0.3 is 14.2 Å². The number of rotatable bonds is 5. The Morgan fingerprint density at radius 3 is 2.67 bits per heavy atom. The highest BCUT2D eigenvalue weighted by Gasteiger charge is 2.19. The van der Waals surface area contributed by atoms with Crippen molar-refractivity contribution < 1.29 is 19.0 Å². The molecule has 0 unspecified atom stereocenters. The molecule has 1 saturated heterocycles. The smallest absolute Gasteiger partial charge is 0.341 e. The highest BCUT2D eigenvalue weighted by molar-refractivity contribution is 5.92. The monoisotopic (exact) mass is 293 g/mol. The van der Waals surface area contributed by atoms with Gasteiger partial charge in [-0.1, -0.05) is 6.07 Å². The SMILES string of the molecule is COC(=O)c1ccc(CN(C)C2CCOCC2)cc1OC. The predicted octanol–water partition coefficient (Wildman–Crippen LogP) is 2.09. The Morgan fingerprint density at radius 1 is 1.33 bits per heavy atom. The fourth-order valence-electron chi connectivity index (χ4n) is 2.66. The van der Waals surface area contributed by atoms with Crippen LogP contribution in [0.5, 0.6) is 5.75 Å². The molecule has 0 spiro atoms. The number of hydrogen-bond acceptors (Lipinski definition) is 5. The van der Waals surface area contributed by atoms with Gasteiger partial charge in [0.15, 0.2) is 0 Å². The van der Waals surface area contributed by atoms with E-state index < -0.39 is 0 Å². The van der Waals surface area contributed by atoms with E-state index in [0.29, 0.717) is 17.4 Å².